The van der Waals surface area contributed by atoms with Crippen molar-refractivity contribution >= 4 is 10.9 Å². The van der Waals surface area contributed by atoms with Crippen molar-refractivity contribution in [1.82, 2.24) is 14.5 Å². The van der Waals surface area contributed by atoms with Gasteiger partial charge in [0.15, 0.2) is 0 Å². The minimum Gasteiger partial charge on any atom is -0.357 e. The minimum atomic E-state index is -4.44. The molecule has 3 aromatic rings. The summed E-state index contributed by atoms with van der Waals surface area (Å²) in [6.07, 6.45) is 1.69. The summed E-state index contributed by atoms with van der Waals surface area (Å²) in [6, 6.07) is 4.28. The van der Waals surface area contributed by atoms with Crippen LogP contribution in [0.25, 0.3) is 22.2 Å². The van der Waals surface area contributed by atoms with E-state index in [1.807, 2.05) is 0 Å². The van der Waals surface area contributed by atoms with Crippen LogP contribution in [0.5, 0.6) is 0 Å². The van der Waals surface area contributed by atoms with Crippen molar-refractivity contribution in [2.24, 2.45) is 7.05 Å². The van der Waals surface area contributed by atoms with E-state index in [0.717, 1.165) is 6.07 Å². The maximum absolute atomic E-state index is 13.2. The van der Waals surface area contributed by atoms with Crippen molar-refractivity contribution in [3.05, 3.63) is 48.5 Å². The molecular weight excluding hydrogens is 267 g/mol. The topological polar surface area (TPSA) is 30.7 Å². The number of hydrogen-bond donors (Lipinski definition) is 0. The molecule has 6 heteroatoms. The van der Waals surface area contributed by atoms with E-state index in [9.17, 15) is 13.2 Å². The Balaban J connectivity index is 2.30. The van der Waals surface area contributed by atoms with E-state index in [0.29, 0.717) is 11.3 Å². The quantitative estimate of drug-likeness (QED) is 0.679. The van der Waals surface area contributed by atoms with E-state index in [4.69, 9.17) is 0 Å². The van der Waals surface area contributed by atoms with Crippen molar-refractivity contribution in [3.63, 3.8) is 0 Å². The van der Waals surface area contributed by atoms with Crippen molar-refractivity contribution in [2.45, 2.75) is 6.18 Å². The third kappa shape index (κ3) is 2.13. The first-order valence-corrected chi connectivity index (χ1v) is 5.89. The summed E-state index contributed by atoms with van der Waals surface area (Å²) in [6.45, 7) is 0. The highest BCUT2D eigenvalue weighted by Gasteiger charge is 2.33. The molecule has 0 amide bonds. The molecule has 0 radical (unpaired) electrons. The summed E-state index contributed by atoms with van der Waals surface area (Å²) in [5.41, 5.74) is 0.525. The zero-order chi connectivity index (χ0) is 14.3. The molecule has 3 heterocycles. The summed E-state index contributed by atoms with van der Waals surface area (Å²) in [5, 5.41) is 0.0136. The van der Waals surface area contributed by atoms with E-state index in [2.05, 4.69) is 9.97 Å². The Morgan fingerprint density at radius 1 is 1.20 bits per heavy atom. The number of fused-ring (bicyclic) bond motifs is 1. The SMILES string of the molecule is Cn1ccc(-c2cc(C(F)(F)F)c3cnccc3n2)c1. The molecule has 3 nitrogen and oxygen atoms in total. The van der Waals surface area contributed by atoms with Gasteiger partial charge in [-0.3, -0.25) is 4.98 Å². The van der Waals surface area contributed by atoms with Gasteiger partial charge in [-0.2, -0.15) is 13.2 Å². The van der Waals surface area contributed by atoms with Crippen molar-refractivity contribution in [3.8, 4) is 11.3 Å². The summed E-state index contributed by atoms with van der Waals surface area (Å²) in [7, 11) is 1.80. The van der Waals surface area contributed by atoms with E-state index in [1.54, 1.807) is 30.1 Å². The smallest absolute Gasteiger partial charge is 0.357 e. The van der Waals surface area contributed by atoms with Crippen LogP contribution in [0, 0.1) is 0 Å². The normalized spacial score (nSPS) is 12.0. The number of hydrogen-bond acceptors (Lipinski definition) is 2. The molecule has 0 aromatic carbocycles. The summed E-state index contributed by atoms with van der Waals surface area (Å²) < 4.78 is 41.2. The Kier molecular flexibility index (Phi) is 2.74. The second kappa shape index (κ2) is 4.33. The highest BCUT2D eigenvalue weighted by molar-refractivity contribution is 5.84. The van der Waals surface area contributed by atoms with Crippen molar-refractivity contribution < 1.29 is 13.2 Å². The molecular formula is C14H10F3N3. The van der Waals surface area contributed by atoms with Gasteiger partial charge in [0.2, 0.25) is 0 Å². The molecule has 0 atom stereocenters. The first-order valence-electron chi connectivity index (χ1n) is 5.89. The van der Waals surface area contributed by atoms with Crippen LogP contribution in [0.4, 0.5) is 13.2 Å². The number of aryl methyl sites for hydroxylation is 1. The van der Waals surface area contributed by atoms with E-state index in [-0.39, 0.29) is 10.9 Å². The summed E-state index contributed by atoms with van der Waals surface area (Å²) >= 11 is 0. The Labute approximate surface area is 112 Å². The van der Waals surface area contributed by atoms with Gasteiger partial charge >= 0.3 is 6.18 Å². The van der Waals surface area contributed by atoms with E-state index >= 15 is 0 Å². The molecule has 0 N–H and O–H groups in total. The Hall–Kier alpha value is -2.37. The largest absolute Gasteiger partial charge is 0.417 e. The third-order valence-electron chi connectivity index (χ3n) is 3.04. The predicted molar refractivity (Wildman–Crippen MR) is 68.9 cm³/mol. The first-order chi connectivity index (χ1) is 9.45. The average Bonchev–Trinajstić information content (AvgIpc) is 2.83. The van der Waals surface area contributed by atoms with Crippen LogP contribution >= 0.6 is 0 Å². The minimum absolute atomic E-state index is 0.0136. The van der Waals surface area contributed by atoms with Gasteiger partial charge in [0.05, 0.1) is 16.8 Å². The lowest BCUT2D eigenvalue weighted by molar-refractivity contribution is -0.136. The van der Waals surface area contributed by atoms with Gasteiger partial charge in [-0.15, -0.1) is 0 Å². The van der Waals surface area contributed by atoms with Crippen LogP contribution in [0.15, 0.2) is 43.0 Å². The van der Waals surface area contributed by atoms with E-state index < -0.39 is 11.7 Å². The van der Waals surface area contributed by atoms with Crippen LogP contribution in [-0.4, -0.2) is 14.5 Å². The van der Waals surface area contributed by atoms with Gasteiger partial charge in [0, 0.05) is 42.8 Å². The zero-order valence-corrected chi connectivity index (χ0v) is 10.5. The first kappa shape index (κ1) is 12.7. The second-order valence-electron chi connectivity index (χ2n) is 4.51. The third-order valence-corrected chi connectivity index (χ3v) is 3.04. The highest BCUT2D eigenvalue weighted by atomic mass is 19.4. The molecule has 102 valence electrons. The Bertz CT molecular complexity index is 775. The van der Waals surface area contributed by atoms with Crippen LogP contribution in [-0.2, 0) is 13.2 Å². The number of nitrogens with zero attached hydrogens (tertiary/aromatic N) is 3. The fourth-order valence-corrected chi connectivity index (χ4v) is 2.11. The maximum atomic E-state index is 13.2. The molecule has 0 aliphatic rings. The lowest BCUT2D eigenvalue weighted by atomic mass is 10.1. The molecule has 0 saturated carbocycles. The van der Waals surface area contributed by atoms with Crippen molar-refractivity contribution in [2.75, 3.05) is 0 Å². The molecule has 0 saturated heterocycles. The molecule has 20 heavy (non-hydrogen) atoms. The van der Waals surface area contributed by atoms with Crippen LogP contribution in [0.3, 0.4) is 0 Å². The molecule has 0 spiro atoms. The summed E-state index contributed by atoms with van der Waals surface area (Å²) in [4.78, 5) is 8.03. The Morgan fingerprint density at radius 2 is 2.00 bits per heavy atom. The fourth-order valence-electron chi connectivity index (χ4n) is 2.11. The van der Waals surface area contributed by atoms with Gasteiger partial charge in [-0.05, 0) is 18.2 Å². The summed E-state index contributed by atoms with van der Waals surface area (Å²) in [5.74, 6) is 0. The second-order valence-corrected chi connectivity index (χ2v) is 4.51. The monoisotopic (exact) mass is 277 g/mol. The molecule has 3 rings (SSSR count). The molecule has 0 aliphatic carbocycles. The molecule has 0 aliphatic heterocycles. The van der Waals surface area contributed by atoms with Crippen LogP contribution in [0.2, 0.25) is 0 Å². The fraction of sp³-hybridized carbons (Fsp3) is 0.143. The Morgan fingerprint density at radius 3 is 2.65 bits per heavy atom. The number of pyridine rings is 2. The number of halogens is 3. The average molecular weight is 277 g/mol. The van der Waals surface area contributed by atoms with Crippen LogP contribution < -0.4 is 0 Å². The lowest BCUT2D eigenvalue weighted by Gasteiger charge is -2.11. The van der Waals surface area contributed by atoms with Crippen LogP contribution in [0.1, 0.15) is 5.56 Å². The van der Waals surface area contributed by atoms with Gasteiger partial charge < -0.3 is 4.57 Å². The van der Waals surface area contributed by atoms with Crippen molar-refractivity contribution in [1.29, 1.82) is 0 Å². The van der Waals surface area contributed by atoms with Gasteiger partial charge in [0.25, 0.3) is 0 Å². The standard InChI is InChI=1S/C14H10F3N3/c1-20-5-3-9(8-20)13-6-11(14(15,16)17)10-7-18-4-2-12(10)19-13/h2-8H,1H3. The maximum Gasteiger partial charge on any atom is 0.417 e. The predicted octanol–water partition coefficient (Wildman–Crippen LogP) is 3.65. The number of alkyl halides is 3. The zero-order valence-electron chi connectivity index (χ0n) is 10.5. The van der Waals surface area contributed by atoms with Gasteiger partial charge in [0.1, 0.15) is 0 Å². The highest BCUT2D eigenvalue weighted by Crippen LogP contribution is 2.36. The van der Waals surface area contributed by atoms with E-state index in [1.165, 1.54) is 18.5 Å². The molecule has 0 bridgehead atoms. The number of aromatic nitrogens is 3. The molecule has 0 unspecified atom stereocenters. The lowest BCUT2D eigenvalue weighted by Crippen LogP contribution is -2.07. The number of rotatable bonds is 1. The molecule has 3 aromatic heterocycles. The molecule has 0 fully saturated rings. The van der Waals surface area contributed by atoms with Gasteiger partial charge in [-0.25, -0.2) is 4.98 Å². The van der Waals surface area contributed by atoms with Gasteiger partial charge in [-0.1, -0.05) is 0 Å².